The quantitative estimate of drug-likeness (QED) is 0.451. The number of β-amino-alcohol motifs (C(OH)–C–C–N with tert-alkyl or cyclic N) is 1. The summed E-state index contributed by atoms with van der Waals surface area (Å²) in [5, 5.41) is 24.8. The Balaban J connectivity index is 0.00000380. The number of hydrogen-bond acceptors (Lipinski definition) is 7. The first-order chi connectivity index (χ1) is 16.8. The second-order valence-corrected chi connectivity index (χ2v) is 11.4. The van der Waals surface area contributed by atoms with Gasteiger partial charge in [0.25, 0.3) is 5.91 Å². The number of nitrogens with one attached hydrogen (secondary N) is 2. The van der Waals surface area contributed by atoms with Crippen LogP contribution in [-0.2, 0) is 15.1 Å². The van der Waals surface area contributed by atoms with E-state index in [0.29, 0.717) is 5.56 Å². The van der Waals surface area contributed by atoms with E-state index in [9.17, 15) is 24.6 Å². The van der Waals surface area contributed by atoms with Crippen LogP contribution in [0.2, 0.25) is 0 Å². The van der Waals surface area contributed by atoms with Crippen molar-refractivity contribution in [3.8, 4) is 10.4 Å². The first kappa shape index (κ1) is 28.5. The molecule has 1 saturated heterocycles. The minimum absolute atomic E-state index is 0. The van der Waals surface area contributed by atoms with E-state index in [0.717, 1.165) is 16.1 Å². The summed E-state index contributed by atoms with van der Waals surface area (Å²) in [4.78, 5) is 49.4. The number of aromatic nitrogens is 1. The molecule has 10 nitrogen and oxygen atoms in total. The Morgan fingerprint density at radius 3 is 2.46 bits per heavy atom. The lowest BCUT2D eigenvalue weighted by Crippen LogP contribution is -2.57. The third-order valence-electron chi connectivity index (χ3n) is 6.74. The molecule has 4 atom stereocenters. The molecule has 2 aromatic rings. The molecule has 1 fully saturated rings. The lowest BCUT2D eigenvalue weighted by atomic mass is 9.85. The number of amides is 3. The van der Waals surface area contributed by atoms with Gasteiger partial charge in [-0.1, -0.05) is 45.0 Å². The fourth-order valence-electron chi connectivity index (χ4n) is 4.69. The molecule has 1 aromatic heterocycles. The van der Waals surface area contributed by atoms with Crippen LogP contribution in [0.25, 0.3) is 10.4 Å². The maximum absolute atomic E-state index is 13.4. The molecular weight excluding hydrogens is 518 g/mol. The molecular formula is C25H32ClN5O5S. The van der Waals surface area contributed by atoms with E-state index < -0.39 is 41.1 Å². The minimum Gasteiger partial charge on any atom is -0.465 e. The number of aliphatic hydroxyl groups is 1. The van der Waals surface area contributed by atoms with Gasteiger partial charge in [0, 0.05) is 13.0 Å². The van der Waals surface area contributed by atoms with Crippen LogP contribution < -0.4 is 10.6 Å². The number of aliphatic hydroxyl groups excluding tert-OH is 1. The average Bonchev–Trinajstić information content (AvgIpc) is 3.48. The highest BCUT2D eigenvalue weighted by molar-refractivity contribution is 7.13. The van der Waals surface area contributed by atoms with E-state index in [1.165, 1.54) is 4.90 Å². The van der Waals surface area contributed by atoms with Crippen molar-refractivity contribution in [2.75, 3.05) is 6.54 Å². The van der Waals surface area contributed by atoms with Crippen LogP contribution in [0, 0.1) is 12.3 Å². The van der Waals surface area contributed by atoms with Gasteiger partial charge in [-0.15, -0.1) is 23.7 Å². The van der Waals surface area contributed by atoms with Crippen molar-refractivity contribution in [1.29, 1.82) is 0 Å². The zero-order valence-corrected chi connectivity index (χ0v) is 22.9. The van der Waals surface area contributed by atoms with Crippen molar-refractivity contribution in [3.05, 3.63) is 41.0 Å². The van der Waals surface area contributed by atoms with E-state index in [1.54, 1.807) is 44.5 Å². The molecule has 0 radical (unpaired) electrons. The van der Waals surface area contributed by atoms with Gasteiger partial charge >= 0.3 is 6.09 Å². The number of carboxylic acid groups (broad SMARTS) is 1. The number of rotatable bonds is 5. The van der Waals surface area contributed by atoms with Crippen LogP contribution in [-0.4, -0.2) is 68.6 Å². The van der Waals surface area contributed by atoms with Crippen LogP contribution in [0.5, 0.6) is 0 Å². The molecule has 3 amide bonds. The third-order valence-corrected chi connectivity index (χ3v) is 7.72. The van der Waals surface area contributed by atoms with Gasteiger partial charge in [0.1, 0.15) is 11.9 Å². The fourth-order valence-corrected chi connectivity index (χ4v) is 5.50. The summed E-state index contributed by atoms with van der Waals surface area (Å²) in [5.74, 6) is -0.511. The summed E-state index contributed by atoms with van der Waals surface area (Å²) in [6.07, 6.45) is -1.94. The maximum Gasteiger partial charge on any atom is 0.405 e. The van der Waals surface area contributed by atoms with Gasteiger partial charge in [0.15, 0.2) is 5.54 Å². The molecule has 1 unspecified atom stereocenters. The SMILES string of the molecule is Cc1ncsc1-c1ccc([C@]2(C)N=C(C3C[C@@H](O)CN3C(=O)[C@@H](NC(=O)O)C(C)(C)C)NC2=O)cc1.Cl. The van der Waals surface area contributed by atoms with Crippen molar-refractivity contribution in [2.24, 2.45) is 10.4 Å². The largest absolute Gasteiger partial charge is 0.465 e. The molecule has 2 aliphatic heterocycles. The summed E-state index contributed by atoms with van der Waals surface area (Å²) in [7, 11) is 0. The second-order valence-electron chi connectivity index (χ2n) is 10.5. The van der Waals surface area contributed by atoms with Crippen molar-refractivity contribution >= 4 is 47.5 Å². The monoisotopic (exact) mass is 549 g/mol. The molecule has 200 valence electrons. The Labute approximate surface area is 225 Å². The Hall–Kier alpha value is -3.02. The summed E-state index contributed by atoms with van der Waals surface area (Å²) in [6, 6.07) is 5.87. The molecule has 1 aromatic carbocycles. The second kappa shape index (κ2) is 10.4. The van der Waals surface area contributed by atoms with Gasteiger partial charge in [-0.2, -0.15) is 0 Å². The van der Waals surface area contributed by atoms with Crippen LogP contribution in [0.1, 0.15) is 45.4 Å². The van der Waals surface area contributed by atoms with E-state index >= 15 is 0 Å². The van der Waals surface area contributed by atoms with Crippen LogP contribution in [0.4, 0.5) is 4.79 Å². The average molecular weight is 550 g/mol. The summed E-state index contributed by atoms with van der Waals surface area (Å²) in [6.45, 7) is 8.96. The predicted octanol–water partition coefficient (Wildman–Crippen LogP) is 2.93. The Morgan fingerprint density at radius 2 is 1.92 bits per heavy atom. The molecule has 4 N–H and O–H groups in total. The van der Waals surface area contributed by atoms with E-state index in [-0.39, 0.29) is 37.1 Å². The van der Waals surface area contributed by atoms with Crippen LogP contribution >= 0.6 is 23.7 Å². The molecule has 0 aliphatic carbocycles. The number of nitrogens with zero attached hydrogens (tertiary/aromatic N) is 3. The zero-order valence-electron chi connectivity index (χ0n) is 21.3. The molecule has 3 heterocycles. The number of thiazole rings is 1. The Morgan fingerprint density at radius 1 is 1.27 bits per heavy atom. The topological polar surface area (TPSA) is 144 Å². The standard InChI is InChI=1S/C25H31N5O5S.ClH/c1-13-18(36-12-26-13)14-6-8-15(9-7-14)25(5)22(33)28-20(29-25)17-10-16(31)11-30(17)21(32)19(24(2,3)4)27-23(34)35;/h6-9,12,16-17,19,27,31H,10-11H2,1-5H3,(H,34,35)(H,28,29,33);1H/t16-,17?,19-,25+;/m1./s1. The summed E-state index contributed by atoms with van der Waals surface area (Å²) < 4.78 is 0. The highest BCUT2D eigenvalue weighted by atomic mass is 35.5. The number of halogens is 1. The normalized spacial score (nSPS) is 24.2. The van der Waals surface area contributed by atoms with Gasteiger partial charge < -0.3 is 25.7 Å². The number of aliphatic imine (C=N–C) groups is 1. The van der Waals surface area contributed by atoms with Gasteiger partial charge in [-0.25, -0.2) is 14.8 Å². The van der Waals surface area contributed by atoms with E-state index in [2.05, 4.69) is 15.6 Å². The van der Waals surface area contributed by atoms with Crippen molar-refractivity contribution in [3.63, 3.8) is 0 Å². The van der Waals surface area contributed by atoms with Crippen LogP contribution in [0.15, 0.2) is 34.8 Å². The van der Waals surface area contributed by atoms with E-state index in [4.69, 9.17) is 4.99 Å². The lowest BCUT2D eigenvalue weighted by Gasteiger charge is -2.34. The van der Waals surface area contributed by atoms with Gasteiger partial charge in [0.2, 0.25) is 5.91 Å². The van der Waals surface area contributed by atoms with Gasteiger partial charge in [-0.3, -0.25) is 9.59 Å². The van der Waals surface area contributed by atoms with Gasteiger partial charge in [0.05, 0.1) is 28.2 Å². The number of carbonyl (C=O) groups is 3. The van der Waals surface area contributed by atoms with Crippen LogP contribution in [0.3, 0.4) is 0 Å². The Kier molecular flexibility index (Phi) is 8.02. The number of aryl methyl sites for hydroxylation is 1. The summed E-state index contributed by atoms with van der Waals surface area (Å²) in [5.41, 5.74) is 2.51. The van der Waals surface area contributed by atoms with Gasteiger partial charge in [-0.05, 0) is 30.4 Å². The van der Waals surface area contributed by atoms with Crippen molar-refractivity contribution in [2.45, 2.75) is 64.8 Å². The first-order valence-electron chi connectivity index (χ1n) is 11.7. The number of carbonyl (C=O) groups excluding carboxylic acids is 2. The molecule has 2 aliphatic rings. The molecule has 12 heteroatoms. The lowest BCUT2D eigenvalue weighted by molar-refractivity contribution is -0.136. The molecule has 4 rings (SSSR count). The van der Waals surface area contributed by atoms with Crippen molar-refractivity contribution in [1.82, 2.24) is 20.5 Å². The minimum atomic E-state index is -1.31. The number of benzene rings is 1. The zero-order chi connectivity index (χ0) is 26.4. The van der Waals surface area contributed by atoms with E-state index in [1.807, 2.05) is 31.2 Å². The third kappa shape index (κ3) is 5.48. The smallest absolute Gasteiger partial charge is 0.405 e. The number of likely N-dealkylation sites (tertiary alicyclic amines) is 1. The summed E-state index contributed by atoms with van der Waals surface area (Å²) >= 11 is 1.55. The highest BCUT2D eigenvalue weighted by Crippen LogP contribution is 2.35. The highest BCUT2D eigenvalue weighted by Gasteiger charge is 2.48. The number of amidine groups is 1. The first-order valence-corrected chi connectivity index (χ1v) is 12.6. The Bertz CT molecular complexity index is 1220. The molecule has 37 heavy (non-hydrogen) atoms. The fraction of sp³-hybridized carbons (Fsp3) is 0.480. The molecule has 0 spiro atoms. The molecule has 0 bridgehead atoms. The maximum atomic E-state index is 13.4. The molecule has 0 saturated carbocycles. The predicted molar refractivity (Wildman–Crippen MR) is 143 cm³/mol. The number of hydrogen-bond donors (Lipinski definition) is 4. The van der Waals surface area contributed by atoms with Crippen molar-refractivity contribution < 1.29 is 24.6 Å².